The highest BCUT2D eigenvalue weighted by Gasteiger charge is 2.20. The molecule has 11 nitrogen and oxygen atoms in total. The van der Waals surface area contributed by atoms with Crippen LogP contribution >= 0.6 is 11.3 Å². The molecule has 0 atom stereocenters. The summed E-state index contributed by atoms with van der Waals surface area (Å²) >= 11 is 1.35. The number of fused-ring (bicyclic) bond motifs is 3. The third-order valence-electron chi connectivity index (χ3n) is 7.33. The molecule has 3 aromatic carbocycles. The largest absolute Gasteiger partial charge is 0.383 e. The van der Waals surface area contributed by atoms with Gasteiger partial charge in [-0.15, -0.1) is 0 Å². The Morgan fingerprint density at radius 3 is 2.65 bits per heavy atom. The Kier molecular flexibility index (Phi) is 6.32. The van der Waals surface area contributed by atoms with E-state index in [-0.39, 0.29) is 18.1 Å². The third kappa shape index (κ3) is 4.53. The normalized spacial score (nSPS) is 11.4. The predicted molar refractivity (Wildman–Crippen MR) is 170 cm³/mol. The minimum absolute atomic E-state index is 0.0977. The second-order valence-electron chi connectivity index (χ2n) is 10.0. The average molecular weight is 588 g/mol. The number of carbonyl (C=O) groups excluding carboxylic acids is 1. The van der Waals surface area contributed by atoms with Gasteiger partial charge in [0.25, 0.3) is 5.56 Å². The van der Waals surface area contributed by atoms with Gasteiger partial charge in [-0.05, 0) is 48.2 Å². The number of aromatic nitrogens is 6. The van der Waals surface area contributed by atoms with Crippen LogP contribution in [0.3, 0.4) is 0 Å². The molecule has 4 N–H and O–H groups in total. The van der Waals surface area contributed by atoms with Gasteiger partial charge in [0.1, 0.15) is 17.8 Å². The Hall–Kier alpha value is -5.62. The zero-order valence-corrected chi connectivity index (χ0v) is 24.0. The summed E-state index contributed by atoms with van der Waals surface area (Å²) in [4.78, 5) is 39.1. The fourth-order valence-electron chi connectivity index (χ4n) is 5.35. The summed E-state index contributed by atoms with van der Waals surface area (Å²) in [6, 6.07) is 22.9. The van der Waals surface area contributed by atoms with Gasteiger partial charge in [0, 0.05) is 24.0 Å². The summed E-state index contributed by atoms with van der Waals surface area (Å²) in [5.41, 5.74) is 11.4. The number of pyridine rings is 1. The van der Waals surface area contributed by atoms with Crippen molar-refractivity contribution in [3.05, 3.63) is 101 Å². The van der Waals surface area contributed by atoms with Gasteiger partial charge in [-0.1, -0.05) is 53.8 Å². The molecule has 0 fully saturated rings. The van der Waals surface area contributed by atoms with Crippen molar-refractivity contribution in [2.24, 2.45) is 0 Å². The number of hydrogen-bond acceptors (Lipinski definition) is 8. The average Bonchev–Trinajstić information content (AvgIpc) is 3.58. The molecule has 4 heterocycles. The summed E-state index contributed by atoms with van der Waals surface area (Å²) in [5, 5.41) is 12.9. The molecule has 43 heavy (non-hydrogen) atoms. The molecule has 0 bridgehead atoms. The van der Waals surface area contributed by atoms with Crippen LogP contribution in [0.15, 0.2) is 83.9 Å². The van der Waals surface area contributed by atoms with Crippen molar-refractivity contribution in [1.29, 1.82) is 0 Å². The number of urea groups is 1. The number of carbonyl (C=O) groups is 1. The molecule has 0 saturated heterocycles. The molecule has 0 unspecified atom stereocenters. The maximum absolute atomic E-state index is 14.0. The van der Waals surface area contributed by atoms with E-state index < -0.39 is 0 Å². The minimum atomic E-state index is -0.341. The van der Waals surface area contributed by atoms with Crippen LogP contribution in [-0.2, 0) is 6.54 Å². The maximum atomic E-state index is 14.0. The van der Waals surface area contributed by atoms with Gasteiger partial charge in [-0.3, -0.25) is 14.7 Å². The maximum Gasteiger partial charge on any atom is 0.320 e. The number of amides is 2. The van der Waals surface area contributed by atoms with Crippen LogP contribution in [-0.4, -0.2) is 42.4 Å². The number of thiazole rings is 1. The molecule has 12 heteroatoms. The number of rotatable bonds is 5. The quantitative estimate of drug-likeness (QED) is 0.254. The molecular weight excluding hydrogens is 562 g/mol. The second kappa shape index (κ2) is 10.3. The molecule has 0 aliphatic carbocycles. The van der Waals surface area contributed by atoms with Crippen LogP contribution in [0.5, 0.6) is 0 Å². The van der Waals surface area contributed by atoms with Gasteiger partial charge in [-0.25, -0.2) is 24.4 Å². The van der Waals surface area contributed by atoms with E-state index in [1.165, 1.54) is 17.7 Å². The highest BCUT2D eigenvalue weighted by molar-refractivity contribution is 7.22. The van der Waals surface area contributed by atoms with Crippen LogP contribution < -0.4 is 21.9 Å². The van der Waals surface area contributed by atoms with E-state index in [4.69, 9.17) is 10.8 Å². The van der Waals surface area contributed by atoms with Gasteiger partial charge in [0.15, 0.2) is 10.8 Å². The van der Waals surface area contributed by atoms with E-state index >= 15 is 0 Å². The van der Waals surface area contributed by atoms with Gasteiger partial charge >= 0.3 is 6.03 Å². The molecule has 0 spiro atoms. The summed E-state index contributed by atoms with van der Waals surface area (Å²) in [7, 11) is 1.55. The smallest absolute Gasteiger partial charge is 0.320 e. The molecule has 0 radical (unpaired) electrons. The lowest BCUT2D eigenvalue weighted by Crippen LogP contribution is -2.24. The lowest BCUT2D eigenvalue weighted by atomic mass is 10.1. The molecule has 7 rings (SSSR count). The van der Waals surface area contributed by atoms with Crippen LogP contribution in [0, 0.1) is 6.92 Å². The molecule has 7 aromatic rings. The zero-order chi connectivity index (χ0) is 29.7. The molecule has 0 aliphatic rings. The first-order chi connectivity index (χ1) is 20.9. The Balaban J connectivity index is 1.39. The predicted octanol–water partition coefficient (Wildman–Crippen LogP) is 5.10. The molecule has 0 aliphatic heterocycles. The number of nitrogens with two attached hydrogens (primary N) is 1. The Morgan fingerprint density at radius 2 is 1.84 bits per heavy atom. The fourth-order valence-corrected chi connectivity index (χ4v) is 6.25. The molecule has 212 valence electrons. The van der Waals surface area contributed by atoms with Gasteiger partial charge in [0.2, 0.25) is 0 Å². The number of para-hydroxylation sites is 1. The van der Waals surface area contributed by atoms with Gasteiger partial charge < -0.3 is 11.1 Å². The lowest BCUT2D eigenvalue weighted by molar-refractivity contribution is 0.254. The van der Waals surface area contributed by atoms with E-state index in [1.807, 2.05) is 79.7 Å². The van der Waals surface area contributed by atoms with Crippen LogP contribution in [0.25, 0.3) is 49.0 Å². The number of anilines is 2. The molecular formula is C31H25N9O2S. The minimum Gasteiger partial charge on any atom is -0.383 e. The topological polar surface area (TPSA) is 146 Å². The van der Waals surface area contributed by atoms with E-state index in [0.29, 0.717) is 33.1 Å². The van der Waals surface area contributed by atoms with E-state index in [1.54, 1.807) is 16.3 Å². The number of nitrogen functional groups attached to an aromatic ring is 1. The molecule has 0 saturated carbocycles. The zero-order valence-electron chi connectivity index (χ0n) is 23.2. The number of aryl methyl sites for hydroxylation is 1. The lowest BCUT2D eigenvalue weighted by Gasteiger charge is -2.16. The number of nitrogens with zero attached hydrogens (tertiary/aromatic N) is 6. The van der Waals surface area contributed by atoms with Gasteiger partial charge in [-0.2, -0.15) is 5.10 Å². The summed E-state index contributed by atoms with van der Waals surface area (Å²) in [6.45, 7) is 2.20. The van der Waals surface area contributed by atoms with Crippen molar-refractivity contribution in [3.8, 4) is 16.9 Å². The summed E-state index contributed by atoms with van der Waals surface area (Å²) < 4.78 is 4.36. The highest BCUT2D eigenvalue weighted by atomic mass is 32.1. The molecule has 4 aromatic heterocycles. The third-order valence-corrected chi connectivity index (χ3v) is 8.26. The van der Waals surface area contributed by atoms with Crippen LogP contribution in [0.4, 0.5) is 15.7 Å². The van der Waals surface area contributed by atoms with Crippen LogP contribution in [0.1, 0.15) is 11.3 Å². The highest BCUT2D eigenvalue weighted by Crippen LogP contribution is 2.35. The van der Waals surface area contributed by atoms with Crippen molar-refractivity contribution in [3.63, 3.8) is 0 Å². The van der Waals surface area contributed by atoms with Crippen molar-refractivity contribution >= 4 is 60.3 Å². The Morgan fingerprint density at radius 1 is 1.00 bits per heavy atom. The Bertz CT molecular complexity index is 2250. The first-order valence-electron chi connectivity index (χ1n) is 13.5. The van der Waals surface area contributed by atoms with Crippen molar-refractivity contribution in [2.45, 2.75) is 13.5 Å². The monoisotopic (exact) mass is 587 g/mol. The van der Waals surface area contributed by atoms with Crippen molar-refractivity contribution in [1.82, 2.24) is 34.6 Å². The van der Waals surface area contributed by atoms with Gasteiger partial charge in [0.05, 0.1) is 27.5 Å². The van der Waals surface area contributed by atoms with E-state index in [0.717, 1.165) is 38.1 Å². The van der Waals surface area contributed by atoms with E-state index in [9.17, 15) is 9.59 Å². The summed E-state index contributed by atoms with van der Waals surface area (Å²) in [5.74, 6) is 0.298. The number of benzene rings is 3. The van der Waals surface area contributed by atoms with Crippen molar-refractivity contribution in [2.75, 3.05) is 18.1 Å². The summed E-state index contributed by atoms with van der Waals surface area (Å²) in [6.07, 6.45) is 1.41. The number of hydrogen-bond donors (Lipinski definition) is 3. The fraction of sp³-hybridized carbons (Fsp3) is 0.0968. The SMILES string of the molecule is CNC(=O)Nc1nc2ccc(-c3nn(Cc4cc5cccc(C)c5c(=O)n4-c4ccccc4)c4ncnc(N)c34)cc2s1. The first kappa shape index (κ1) is 26.3. The van der Waals surface area contributed by atoms with Crippen molar-refractivity contribution < 1.29 is 4.79 Å². The van der Waals surface area contributed by atoms with E-state index in [2.05, 4.69) is 25.6 Å². The standard InChI is InChI=1S/C31H25N9O2S/c1-17-7-6-8-18-13-21(40(29(41)24(17)18)20-9-4-3-5-10-20)15-39-28-25(27(32)34-16-35-28)26(38-39)19-11-12-22-23(14-19)43-31(36-22)37-30(42)33-2/h3-14,16H,15H2,1-2H3,(H2,32,34,35)(H2,33,36,37,42). The number of nitrogens with one attached hydrogen (secondary N) is 2. The second-order valence-corrected chi connectivity index (χ2v) is 11.1. The Labute approximate surface area is 248 Å². The van der Waals surface area contributed by atoms with Crippen LogP contribution in [0.2, 0.25) is 0 Å². The molecule has 2 amide bonds. The first-order valence-corrected chi connectivity index (χ1v) is 14.3.